The molecular formula is C14H18N2OS. The van der Waals surface area contributed by atoms with Crippen LogP contribution in [0.3, 0.4) is 0 Å². The van der Waals surface area contributed by atoms with Crippen molar-refractivity contribution in [2.75, 3.05) is 36.5 Å². The Morgan fingerprint density at radius 3 is 2.94 bits per heavy atom. The van der Waals surface area contributed by atoms with E-state index >= 15 is 0 Å². The zero-order valence-electron chi connectivity index (χ0n) is 10.4. The molecule has 1 fully saturated rings. The van der Waals surface area contributed by atoms with Crippen LogP contribution >= 0.6 is 11.8 Å². The maximum atomic E-state index is 12.4. The molecule has 1 N–H and O–H groups in total. The molecule has 0 unspecified atom stereocenters. The van der Waals surface area contributed by atoms with E-state index < -0.39 is 0 Å². The lowest BCUT2D eigenvalue weighted by Gasteiger charge is -2.27. The molecule has 2 aliphatic heterocycles. The summed E-state index contributed by atoms with van der Waals surface area (Å²) < 4.78 is 0. The summed E-state index contributed by atoms with van der Waals surface area (Å²) in [7, 11) is 0. The Morgan fingerprint density at radius 1 is 1.28 bits per heavy atom. The molecule has 96 valence electrons. The number of carbonyl (C=O) groups excluding carboxylic acids is 1. The lowest BCUT2D eigenvalue weighted by atomic mass is 10.0. The van der Waals surface area contributed by atoms with Crippen molar-refractivity contribution in [1.82, 2.24) is 4.90 Å². The topological polar surface area (TPSA) is 32.3 Å². The van der Waals surface area contributed by atoms with Crippen LogP contribution < -0.4 is 5.32 Å². The first-order chi connectivity index (χ1) is 8.84. The number of nitrogens with one attached hydrogen (secondary N) is 1. The maximum absolute atomic E-state index is 12.4. The van der Waals surface area contributed by atoms with Crippen LogP contribution in [0.25, 0.3) is 0 Å². The average molecular weight is 262 g/mol. The molecule has 0 spiro atoms. The summed E-state index contributed by atoms with van der Waals surface area (Å²) in [4.78, 5) is 14.4. The molecule has 2 aliphatic rings. The minimum absolute atomic E-state index is 0.198. The monoisotopic (exact) mass is 262 g/mol. The summed E-state index contributed by atoms with van der Waals surface area (Å²) in [6.07, 6.45) is 2.24. The SMILES string of the molecule is O=C(c1ccc2c(c1)CCCN2)N1CCSCC1. The fraction of sp³-hybridized carbons (Fsp3) is 0.500. The highest BCUT2D eigenvalue weighted by molar-refractivity contribution is 7.99. The second-order valence-electron chi connectivity index (χ2n) is 4.81. The normalized spacial score (nSPS) is 19.0. The van der Waals surface area contributed by atoms with Gasteiger partial charge in [0.25, 0.3) is 5.91 Å². The van der Waals surface area contributed by atoms with Crippen LogP contribution in [0.15, 0.2) is 18.2 Å². The number of fused-ring (bicyclic) bond motifs is 1. The van der Waals surface area contributed by atoms with E-state index in [1.807, 2.05) is 22.7 Å². The van der Waals surface area contributed by atoms with Crippen LogP contribution in [-0.4, -0.2) is 41.9 Å². The molecule has 4 heteroatoms. The number of rotatable bonds is 1. The largest absolute Gasteiger partial charge is 0.385 e. The second kappa shape index (κ2) is 5.22. The van der Waals surface area contributed by atoms with E-state index in [-0.39, 0.29) is 5.91 Å². The summed E-state index contributed by atoms with van der Waals surface area (Å²) in [5, 5.41) is 3.38. The number of nitrogens with zero attached hydrogens (tertiary/aromatic N) is 1. The van der Waals surface area contributed by atoms with E-state index in [1.165, 1.54) is 11.3 Å². The molecule has 1 aromatic carbocycles. The maximum Gasteiger partial charge on any atom is 0.253 e. The number of carbonyl (C=O) groups is 1. The highest BCUT2D eigenvalue weighted by Crippen LogP contribution is 2.24. The molecule has 3 nitrogen and oxygen atoms in total. The summed E-state index contributed by atoms with van der Waals surface area (Å²) in [5.41, 5.74) is 3.34. The third-order valence-corrected chi connectivity index (χ3v) is 4.53. The Balaban J connectivity index is 1.80. The summed E-state index contributed by atoms with van der Waals surface area (Å²) >= 11 is 1.93. The van der Waals surface area contributed by atoms with Crippen LogP contribution in [0.2, 0.25) is 0 Å². The van der Waals surface area contributed by atoms with Crippen molar-refractivity contribution in [3.63, 3.8) is 0 Å². The highest BCUT2D eigenvalue weighted by atomic mass is 32.2. The number of thioether (sulfide) groups is 1. The highest BCUT2D eigenvalue weighted by Gasteiger charge is 2.19. The number of benzene rings is 1. The molecule has 3 rings (SSSR count). The second-order valence-corrected chi connectivity index (χ2v) is 6.03. The van der Waals surface area contributed by atoms with Crippen LogP contribution in [0.5, 0.6) is 0 Å². The van der Waals surface area contributed by atoms with Gasteiger partial charge >= 0.3 is 0 Å². The first kappa shape index (κ1) is 11.9. The van der Waals surface area contributed by atoms with Crippen molar-refractivity contribution in [2.45, 2.75) is 12.8 Å². The minimum atomic E-state index is 0.198. The van der Waals surface area contributed by atoms with Gasteiger partial charge < -0.3 is 10.2 Å². The van der Waals surface area contributed by atoms with Gasteiger partial charge in [0, 0.05) is 42.4 Å². The standard InChI is InChI=1S/C14H18N2OS/c17-14(16-6-8-18-9-7-16)12-3-4-13-11(10-12)2-1-5-15-13/h3-4,10,15H,1-2,5-9H2. The van der Waals surface area contributed by atoms with Crippen molar-refractivity contribution in [2.24, 2.45) is 0 Å². The van der Waals surface area contributed by atoms with Crippen LogP contribution in [0, 0.1) is 0 Å². The summed E-state index contributed by atoms with van der Waals surface area (Å²) in [5.74, 6) is 2.33. The Hall–Kier alpha value is -1.16. The van der Waals surface area contributed by atoms with E-state index in [2.05, 4.69) is 17.4 Å². The Labute approximate surface area is 112 Å². The lowest BCUT2D eigenvalue weighted by Crippen LogP contribution is -2.37. The third-order valence-electron chi connectivity index (χ3n) is 3.59. The van der Waals surface area contributed by atoms with E-state index in [0.29, 0.717) is 0 Å². The molecule has 0 aromatic heterocycles. The van der Waals surface area contributed by atoms with Gasteiger partial charge in [-0.1, -0.05) is 0 Å². The molecule has 1 saturated heterocycles. The number of amides is 1. The van der Waals surface area contributed by atoms with Gasteiger partial charge in [-0.05, 0) is 36.6 Å². The van der Waals surface area contributed by atoms with E-state index in [9.17, 15) is 4.79 Å². The van der Waals surface area contributed by atoms with E-state index in [1.54, 1.807) is 0 Å². The predicted octanol–water partition coefficient (Wildman–Crippen LogP) is 2.23. The molecule has 0 saturated carbocycles. The van der Waals surface area contributed by atoms with Gasteiger partial charge in [-0.2, -0.15) is 11.8 Å². The number of hydrogen-bond donors (Lipinski definition) is 1. The van der Waals surface area contributed by atoms with Gasteiger partial charge in [0.15, 0.2) is 0 Å². The van der Waals surface area contributed by atoms with Gasteiger partial charge in [0.05, 0.1) is 0 Å². The molecule has 1 amide bonds. The number of aryl methyl sites for hydroxylation is 1. The number of anilines is 1. The number of hydrogen-bond acceptors (Lipinski definition) is 3. The molecule has 1 aromatic rings. The van der Waals surface area contributed by atoms with Gasteiger partial charge in [-0.15, -0.1) is 0 Å². The Kier molecular flexibility index (Phi) is 3.46. The zero-order chi connectivity index (χ0) is 12.4. The quantitative estimate of drug-likeness (QED) is 0.842. The summed E-state index contributed by atoms with van der Waals surface area (Å²) in [6, 6.07) is 6.09. The van der Waals surface area contributed by atoms with Crippen LogP contribution in [0.1, 0.15) is 22.3 Å². The molecule has 18 heavy (non-hydrogen) atoms. The van der Waals surface area contributed by atoms with Crippen LogP contribution in [0.4, 0.5) is 5.69 Å². The Morgan fingerprint density at radius 2 is 2.11 bits per heavy atom. The Bertz CT molecular complexity index is 455. The molecule has 0 aliphatic carbocycles. The zero-order valence-corrected chi connectivity index (χ0v) is 11.3. The smallest absolute Gasteiger partial charge is 0.253 e. The van der Waals surface area contributed by atoms with Gasteiger partial charge in [0.2, 0.25) is 0 Å². The molecular weight excluding hydrogens is 244 g/mol. The first-order valence-electron chi connectivity index (χ1n) is 6.58. The van der Waals surface area contributed by atoms with Crippen molar-refractivity contribution in [3.8, 4) is 0 Å². The van der Waals surface area contributed by atoms with E-state index in [0.717, 1.165) is 49.5 Å². The molecule has 0 atom stereocenters. The van der Waals surface area contributed by atoms with Crippen molar-refractivity contribution < 1.29 is 4.79 Å². The summed E-state index contributed by atoms with van der Waals surface area (Å²) in [6.45, 7) is 2.82. The third kappa shape index (κ3) is 2.34. The van der Waals surface area contributed by atoms with Gasteiger partial charge in [0.1, 0.15) is 0 Å². The van der Waals surface area contributed by atoms with Crippen molar-refractivity contribution >= 4 is 23.4 Å². The minimum Gasteiger partial charge on any atom is -0.385 e. The molecule has 2 heterocycles. The van der Waals surface area contributed by atoms with Crippen molar-refractivity contribution in [3.05, 3.63) is 29.3 Å². The molecule has 0 bridgehead atoms. The van der Waals surface area contributed by atoms with Crippen molar-refractivity contribution in [1.29, 1.82) is 0 Å². The fourth-order valence-corrected chi connectivity index (χ4v) is 3.46. The fourth-order valence-electron chi connectivity index (χ4n) is 2.56. The molecule has 0 radical (unpaired) electrons. The van der Waals surface area contributed by atoms with Crippen LogP contribution in [-0.2, 0) is 6.42 Å². The first-order valence-corrected chi connectivity index (χ1v) is 7.74. The van der Waals surface area contributed by atoms with Gasteiger partial charge in [-0.3, -0.25) is 4.79 Å². The average Bonchev–Trinajstić information content (AvgIpc) is 2.47. The predicted molar refractivity (Wildman–Crippen MR) is 76.5 cm³/mol. The van der Waals surface area contributed by atoms with E-state index in [4.69, 9.17) is 0 Å². The van der Waals surface area contributed by atoms with Gasteiger partial charge in [-0.25, -0.2) is 0 Å². The lowest BCUT2D eigenvalue weighted by molar-refractivity contribution is 0.0772.